The maximum atomic E-state index is 12.1. The van der Waals surface area contributed by atoms with Gasteiger partial charge in [0.05, 0.1) is 12.6 Å². The smallest absolute Gasteiger partial charge is 0.237 e. The molecule has 1 unspecified atom stereocenters. The summed E-state index contributed by atoms with van der Waals surface area (Å²) >= 11 is 1.71. The largest absolute Gasteiger partial charge is 0.335 e. The number of hydrogen-bond acceptors (Lipinski definition) is 3. The van der Waals surface area contributed by atoms with Crippen LogP contribution in [0.2, 0.25) is 0 Å². The Kier molecular flexibility index (Phi) is 4.57. The molecule has 1 aromatic rings. The fourth-order valence-electron chi connectivity index (χ4n) is 2.35. The summed E-state index contributed by atoms with van der Waals surface area (Å²) in [5, 5.41) is 7.44. The summed E-state index contributed by atoms with van der Waals surface area (Å²) in [5.74, 6) is 0.243. The van der Waals surface area contributed by atoms with Crippen molar-refractivity contribution in [2.45, 2.75) is 32.2 Å². The van der Waals surface area contributed by atoms with Crippen molar-refractivity contribution in [3.63, 3.8) is 0 Å². The first-order valence-electron chi connectivity index (χ1n) is 6.35. The van der Waals surface area contributed by atoms with E-state index < -0.39 is 0 Å². The summed E-state index contributed by atoms with van der Waals surface area (Å²) in [5.41, 5.74) is 1.30. The molecule has 1 amide bonds. The van der Waals surface area contributed by atoms with Gasteiger partial charge in [0.25, 0.3) is 0 Å². The fraction of sp³-hybridized carbons (Fsp3) is 0.615. The zero-order valence-corrected chi connectivity index (χ0v) is 11.1. The molecule has 1 atom stereocenters. The van der Waals surface area contributed by atoms with Crippen LogP contribution in [0.5, 0.6) is 0 Å². The quantitative estimate of drug-likeness (QED) is 0.816. The van der Waals surface area contributed by atoms with Gasteiger partial charge in [0.15, 0.2) is 0 Å². The van der Waals surface area contributed by atoms with Crippen molar-refractivity contribution in [1.82, 2.24) is 10.2 Å². The van der Waals surface area contributed by atoms with Gasteiger partial charge in [-0.15, -0.1) is 0 Å². The molecule has 94 valence electrons. The van der Waals surface area contributed by atoms with Crippen LogP contribution >= 0.6 is 11.3 Å². The van der Waals surface area contributed by atoms with E-state index in [0.29, 0.717) is 12.6 Å². The van der Waals surface area contributed by atoms with Gasteiger partial charge in [-0.25, -0.2) is 0 Å². The third-order valence-corrected chi connectivity index (χ3v) is 3.91. The SMILES string of the molecule is CCCNCC(=O)N1CCCC1c1ccsc1. The highest BCUT2D eigenvalue weighted by molar-refractivity contribution is 7.07. The molecule has 2 heterocycles. The van der Waals surface area contributed by atoms with Gasteiger partial charge in [-0.05, 0) is 48.2 Å². The molecule has 17 heavy (non-hydrogen) atoms. The topological polar surface area (TPSA) is 32.3 Å². The second-order valence-corrected chi connectivity index (χ2v) is 5.26. The molecule has 0 radical (unpaired) electrons. The first-order chi connectivity index (χ1) is 8.33. The maximum Gasteiger partial charge on any atom is 0.237 e. The zero-order valence-electron chi connectivity index (χ0n) is 10.3. The lowest BCUT2D eigenvalue weighted by atomic mass is 10.1. The van der Waals surface area contributed by atoms with Gasteiger partial charge in [0.1, 0.15) is 0 Å². The number of nitrogens with one attached hydrogen (secondary N) is 1. The number of hydrogen-bond donors (Lipinski definition) is 1. The van der Waals surface area contributed by atoms with E-state index in [0.717, 1.165) is 32.4 Å². The van der Waals surface area contributed by atoms with Gasteiger partial charge in [-0.3, -0.25) is 4.79 Å². The number of rotatable bonds is 5. The molecule has 0 spiro atoms. The second-order valence-electron chi connectivity index (χ2n) is 4.48. The Morgan fingerprint density at radius 2 is 2.53 bits per heavy atom. The van der Waals surface area contributed by atoms with Crippen LogP contribution in [-0.2, 0) is 4.79 Å². The van der Waals surface area contributed by atoms with E-state index in [1.165, 1.54) is 5.56 Å². The Balaban J connectivity index is 1.93. The molecular formula is C13H20N2OS. The van der Waals surface area contributed by atoms with Crippen LogP contribution in [-0.4, -0.2) is 30.4 Å². The number of likely N-dealkylation sites (tertiary alicyclic amines) is 1. The van der Waals surface area contributed by atoms with Gasteiger partial charge in [0, 0.05) is 6.54 Å². The van der Waals surface area contributed by atoms with Crippen LogP contribution in [0, 0.1) is 0 Å². The molecule has 1 N–H and O–H groups in total. The van der Waals surface area contributed by atoms with Gasteiger partial charge < -0.3 is 10.2 Å². The van der Waals surface area contributed by atoms with Crippen molar-refractivity contribution in [2.75, 3.05) is 19.6 Å². The summed E-state index contributed by atoms with van der Waals surface area (Å²) in [7, 11) is 0. The summed E-state index contributed by atoms with van der Waals surface area (Å²) in [4.78, 5) is 14.1. The van der Waals surface area contributed by atoms with E-state index in [9.17, 15) is 4.79 Å². The van der Waals surface area contributed by atoms with Crippen LogP contribution in [0.15, 0.2) is 16.8 Å². The summed E-state index contributed by atoms with van der Waals surface area (Å²) in [6.45, 7) is 4.42. The molecular weight excluding hydrogens is 232 g/mol. The van der Waals surface area contributed by atoms with Gasteiger partial charge in [-0.1, -0.05) is 6.92 Å². The number of carbonyl (C=O) groups excluding carboxylic acids is 1. The van der Waals surface area contributed by atoms with Crippen molar-refractivity contribution in [3.8, 4) is 0 Å². The highest BCUT2D eigenvalue weighted by Gasteiger charge is 2.29. The first-order valence-corrected chi connectivity index (χ1v) is 7.29. The summed E-state index contributed by atoms with van der Waals surface area (Å²) < 4.78 is 0. The molecule has 3 nitrogen and oxygen atoms in total. The number of amides is 1. The minimum absolute atomic E-state index is 0.243. The highest BCUT2D eigenvalue weighted by Crippen LogP contribution is 2.32. The molecule has 4 heteroatoms. The van der Waals surface area contributed by atoms with Crippen LogP contribution in [0.1, 0.15) is 37.8 Å². The molecule has 1 saturated heterocycles. The summed E-state index contributed by atoms with van der Waals surface area (Å²) in [6.07, 6.45) is 3.30. The Morgan fingerprint density at radius 1 is 1.65 bits per heavy atom. The van der Waals surface area contributed by atoms with Crippen LogP contribution in [0.3, 0.4) is 0 Å². The van der Waals surface area contributed by atoms with E-state index in [1.54, 1.807) is 11.3 Å². The summed E-state index contributed by atoms with van der Waals surface area (Å²) in [6, 6.07) is 2.46. The van der Waals surface area contributed by atoms with Crippen LogP contribution in [0.4, 0.5) is 0 Å². The predicted molar refractivity (Wildman–Crippen MR) is 71.2 cm³/mol. The molecule has 0 bridgehead atoms. The highest BCUT2D eigenvalue weighted by atomic mass is 32.1. The monoisotopic (exact) mass is 252 g/mol. The Labute approximate surface area is 107 Å². The lowest BCUT2D eigenvalue weighted by Gasteiger charge is -2.24. The lowest BCUT2D eigenvalue weighted by Crippen LogP contribution is -2.37. The average molecular weight is 252 g/mol. The Hall–Kier alpha value is -0.870. The average Bonchev–Trinajstić information content (AvgIpc) is 2.99. The molecule has 1 fully saturated rings. The van der Waals surface area contributed by atoms with E-state index in [2.05, 4.69) is 29.1 Å². The molecule has 1 aliphatic rings. The van der Waals surface area contributed by atoms with Crippen molar-refractivity contribution in [1.29, 1.82) is 0 Å². The maximum absolute atomic E-state index is 12.1. The molecule has 1 aliphatic heterocycles. The fourth-order valence-corrected chi connectivity index (χ4v) is 3.06. The van der Waals surface area contributed by atoms with E-state index in [-0.39, 0.29) is 5.91 Å². The van der Waals surface area contributed by atoms with Gasteiger partial charge >= 0.3 is 0 Å². The Bertz CT molecular complexity index is 350. The van der Waals surface area contributed by atoms with Crippen molar-refractivity contribution in [2.24, 2.45) is 0 Å². The third kappa shape index (κ3) is 3.07. The lowest BCUT2D eigenvalue weighted by molar-refractivity contribution is -0.131. The van der Waals surface area contributed by atoms with E-state index in [4.69, 9.17) is 0 Å². The number of thiophene rings is 1. The molecule has 0 saturated carbocycles. The third-order valence-electron chi connectivity index (χ3n) is 3.20. The van der Waals surface area contributed by atoms with Crippen LogP contribution < -0.4 is 5.32 Å². The number of nitrogens with zero attached hydrogens (tertiary/aromatic N) is 1. The molecule has 0 aliphatic carbocycles. The van der Waals surface area contributed by atoms with Crippen molar-refractivity contribution in [3.05, 3.63) is 22.4 Å². The van der Waals surface area contributed by atoms with Gasteiger partial charge in [0.2, 0.25) is 5.91 Å². The molecule has 0 aromatic carbocycles. The van der Waals surface area contributed by atoms with E-state index >= 15 is 0 Å². The molecule has 1 aromatic heterocycles. The minimum atomic E-state index is 0.243. The Morgan fingerprint density at radius 3 is 3.24 bits per heavy atom. The first kappa shape index (κ1) is 12.6. The number of carbonyl (C=O) groups is 1. The predicted octanol–water partition coefficient (Wildman–Crippen LogP) is 2.41. The van der Waals surface area contributed by atoms with Gasteiger partial charge in [-0.2, -0.15) is 11.3 Å². The second kappa shape index (κ2) is 6.17. The minimum Gasteiger partial charge on any atom is -0.335 e. The van der Waals surface area contributed by atoms with E-state index in [1.807, 2.05) is 4.90 Å². The standard InChI is InChI=1S/C13H20N2OS/c1-2-6-14-9-13(16)15-7-3-4-12(15)11-5-8-17-10-11/h5,8,10,12,14H,2-4,6-7,9H2,1H3. The van der Waals surface area contributed by atoms with Crippen LogP contribution in [0.25, 0.3) is 0 Å². The zero-order chi connectivity index (χ0) is 12.1. The van der Waals surface area contributed by atoms with Crippen molar-refractivity contribution >= 4 is 17.2 Å². The molecule has 2 rings (SSSR count). The van der Waals surface area contributed by atoms with Crippen molar-refractivity contribution < 1.29 is 4.79 Å². The normalized spacial score (nSPS) is 19.8.